The summed E-state index contributed by atoms with van der Waals surface area (Å²) in [5, 5.41) is 0.816. The van der Waals surface area contributed by atoms with Crippen LogP contribution in [0.4, 0.5) is 4.39 Å². The predicted molar refractivity (Wildman–Crippen MR) is 127 cm³/mol. The first kappa shape index (κ1) is 23.6. The number of furan rings is 1. The highest BCUT2D eigenvalue weighted by Crippen LogP contribution is 2.41. The van der Waals surface area contributed by atoms with Crippen molar-refractivity contribution in [1.82, 2.24) is 0 Å². The van der Waals surface area contributed by atoms with Gasteiger partial charge in [-0.3, -0.25) is 0 Å². The minimum Gasteiger partial charge on any atom is -0.496 e. The zero-order chi connectivity index (χ0) is 23.6. The summed E-state index contributed by atoms with van der Waals surface area (Å²) < 4.78 is 30.8. The summed E-state index contributed by atoms with van der Waals surface area (Å²) in [6.07, 6.45) is 0. The van der Waals surface area contributed by atoms with Crippen LogP contribution in [0.15, 0.2) is 46.6 Å². The van der Waals surface area contributed by atoms with Crippen LogP contribution in [0.3, 0.4) is 0 Å². The van der Waals surface area contributed by atoms with Gasteiger partial charge in [-0.25, -0.2) is 4.79 Å². The van der Waals surface area contributed by atoms with Crippen molar-refractivity contribution in [1.29, 1.82) is 0 Å². The lowest BCUT2D eigenvalue weighted by molar-refractivity contribution is -0.140. The van der Waals surface area contributed by atoms with E-state index in [1.54, 1.807) is 20.1 Å². The molecule has 0 aliphatic rings. The van der Waals surface area contributed by atoms with Crippen LogP contribution in [0.1, 0.15) is 70.3 Å². The molecule has 32 heavy (non-hydrogen) atoms. The Labute approximate surface area is 189 Å². The Morgan fingerprint density at radius 2 is 1.78 bits per heavy atom. The van der Waals surface area contributed by atoms with Crippen molar-refractivity contribution in [3.8, 4) is 16.9 Å². The maximum atomic E-state index is 14.4. The second-order valence-corrected chi connectivity index (χ2v) is 8.52. The highest BCUT2D eigenvalue weighted by atomic mass is 19.1. The molecule has 0 atom stereocenters. The van der Waals surface area contributed by atoms with Gasteiger partial charge in [0.1, 0.15) is 17.1 Å². The molecular weight excluding hydrogens is 407 g/mol. The number of carbonyl (C=O) groups excluding carboxylic acids is 1. The number of rotatable bonds is 7. The van der Waals surface area contributed by atoms with Gasteiger partial charge in [0.25, 0.3) is 0 Å². The normalized spacial score (nSPS) is 12.4. The van der Waals surface area contributed by atoms with Crippen LogP contribution in [0.25, 0.3) is 27.7 Å². The first-order chi connectivity index (χ1) is 15.2. The molecule has 3 rings (SSSR count). The molecule has 0 saturated heterocycles. The Bertz CT molecular complexity index is 1170. The molecule has 0 amide bonds. The van der Waals surface area contributed by atoms with Crippen LogP contribution in [0, 0.1) is 0 Å². The van der Waals surface area contributed by atoms with Gasteiger partial charge in [-0.15, -0.1) is 0 Å². The molecule has 0 fully saturated rings. The van der Waals surface area contributed by atoms with Crippen LogP contribution >= 0.6 is 0 Å². The van der Waals surface area contributed by atoms with Crippen molar-refractivity contribution in [2.45, 2.75) is 53.4 Å². The summed E-state index contributed by atoms with van der Waals surface area (Å²) in [5.74, 6) is -0.0858. The lowest BCUT2D eigenvalue weighted by Crippen LogP contribution is -2.05. The number of methoxy groups -OCH3 is 1. The van der Waals surface area contributed by atoms with Gasteiger partial charge in [-0.05, 0) is 66.6 Å². The molecule has 0 saturated carbocycles. The van der Waals surface area contributed by atoms with Gasteiger partial charge in [0.2, 0.25) is 5.83 Å². The van der Waals surface area contributed by atoms with Gasteiger partial charge >= 0.3 is 5.97 Å². The minimum absolute atomic E-state index is 0.110. The first-order valence-electron chi connectivity index (χ1n) is 11.0. The average molecular weight is 439 g/mol. The molecule has 4 nitrogen and oxygen atoms in total. The van der Waals surface area contributed by atoms with Crippen molar-refractivity contribution >= 4 is 22.5 Å². The van der Waals surface area contributed by atoms with Crippen LogP contribution in [0.2, 0.25) is 0 Å². The van der Waals surface area contributed by atoms with E-state index in [9.17, 15) is 9.18 Å². The Kier molecular flexibility index (Phi) is 7.07. The summed E-state index contributed by atoms with van der Waals surface area (Å²) in [5.41, 5.74) is 5.13. The number of carbonyl (C=O) groups is 1. The third-order valence-electron chi connectivity index (χ3n) is 5.61. The van der Waals surface area contributed by atoms with Gasteiger partial charge in [0.15, 0.2) is 0 Å². The molecule has 0 spiro atoms. The van der Waals surface area contributed by atoms with Crippen LogP contribution in [-0.2, 0) is 9.53 Å². The molecule has 0 unspecified atom stereocenters. The molecule has 1 aromatic heterocycles. The van der Waals surface area contributed by atoms with Gasteiger partial charge < -0.3 is 13.9 Å². The fourth-order valence-corrected chi connectivity index (χ4v) is 3.73. The lowest BCUT2D eigenvalue weighted by atomic mass is 9.89. The molecule has 170 valence electrons. The zero-order valence-corrected chi connectivity index (χ0v) is 19.8. The van der Waals surface area contributed by atoms with E-state index in [-0.39, 0.29) is 12.2 Å². The molecule has 5 heteroatoms. The minimum atomic E-state index is -0.984. The van der Waals surface area contributed by atoms with Crippen LogP contribution < -0.4 is 4.74 Å². The van der Waals surface area contributed by atoms with E-state index in [2.05, 4.69) is 39.8 Å². The molecule has 0 radical (unpaired) electrons. The summed E-state index contributed by atoms with van der Waals surface area (Å²) >= 11 is 0. The summed E-state index contributed by atoms with van der Waals surface area (Å²) in [4.78, 5) is 11.7. The number of halogens is 1. The second kappa shape index (κ2) is 9.60. The Hall–Kier alpha value is -3.08. The Morgan fingerprint density at radius 3 is 2.38 bits per heavy atom. The molecule has 0 aliphatic carbocycles. The van der Waals surface area contributed by atoms with Gasteiger partial charge in [-0.2, -0.15) is 4.39 Å². The number of allylic oxidation sites excluding steroid dienone is 1. The molecule has 1 heterocycles. The average Bonchev–Trinajstić information content (AvgIpc) is 3.20. The number of fused-ring (bicyclic) bond motifs is 1. The zero-order valence-electron chi connectivity index (χ0n) is 19.8. The highest BCUT2D eigenvalue weighted by molar-refractivity contribution is 5.96. The molecule has 0 bridgehead atoms. The van der Waals surface area contributed by atoms with E-state index in [1.165, 1.54) is 12.5 Å². The van der Waals surface area contributed by atoms with Crippen molar-refractivity contribution in [2.24, 2.45) is 0 Å². The van der Waals surface area contributed by atoms with Crippen LogP contribution in [-0.4, -0.2) is 19.7 Å². The Morgan fingerprint density at radius 1 is 1.06 bits per heavy atom. The van der Waals surface area contributed by atoms with Gasteiger partial charge in [0, 0.05) is 16.5 Å². The summed E-state index contributed by atoms with van der Waals surface area (Å²) in [7, 11) is 1.70. The van der Waals surface area contributed by atoms with Crippen molar-refractivity contribution < 1.29 is 23.1 Å². The number of hydrogen-bond donors (Lipinski definition) is 0. The van der Waals surface area contributed by atoms with Gasteiger partial charge in [-0.1, -0.05) is 39.8 Å². The quantitative estimate of drug-likeness (QED) is 0.281. The SMILES string of the molecule is CCOC(=O)/C(F)=C(/C)c1cc2cc(-c3cc(C(C)C)cc(C(C)C)c3OC)ccc2o1. The number of esters is 1. The van der Waals surface area contributed by atoms with E-state index in [4.69, 9.17) is 13.9 Å². The predicted octanol–water partition coefficient (Wildman–Crippen LogP) is 7.62. The summed E-state index contributed by atoms with van der Waals surface area (Å²) in [6, 6.07) is 12.0. The molecule has 0 N–H and O–H groups in total. The van der Waals surface area contributed by atoms with E-state index in [0.717, 1.165) is 27.8 Å². The van der Waals surface area contributed by atoms with Gasteiger partial charge in [0.05, 0.1) is 13.7 Å². The second-order valence-electron chi connectivity index (χ2n) is 8.52. The Balaban J connectivity index is 2.14. The third-order valence-corrected chi connectivity index (χ3v) is 5.61. The smallest absolute Gasteiger partial charge is 0.367 e. The molecule has 3 aromatic rings. The maximum Gasteiger partial charge on any atom is 0.367 e. The van der Waals surface area contributed by atoms with Crippen molar-refractivity contribution in [3.05, 3.63) is 59.1 Å². The molecule has 0 aliphatic heterocycles. The number of hydrogen-bond acceptors (Lipinski definition) is 4. The van der Waals surface area contributed by atoms with Crippen molar-refractivity contribution in [2.75, 3.05) is 13.7 Å². The molecular formula is C27H31FO4. The largest absolute Gasteiger partial charge is 0.496 e. The fourth-order valence-electron chi connectivity index (χ4n) is 3.73. The standard InChI is InChI=1S/C27H31FO4/c1-8-31-27(29)25(28)17(6)24-14-20-11-18(9-10-23(20)32-24)22-13-19(15(2)3)12-21(16(4)5)26(22)30-7/h9-16H,8H2,1-7H3/b25-17+. The van der Waals surface area contributed by atoms with E-state index < -0.39 is 11.8 Å². The highest BCUT2D eigenvalue weighted by Gasteiger charge is 2.20. The topological polar surface area (TPSA) is 48.7 Å². The number of ether oxygens (including phenoxy) is 2. The number of benzene rings is 2. The van der Waals surface area contributed by atoms with E-state index in [0.29, 0.717) is 23.2 Å². The maximum absolute atomic E-state index is 14.4. The fraction of sp³-hybridized carbons (Fsp3) is 0.370. The van der Waals surface area contributed by atoms with E-state index in [1.807, 2.05) is 18.2 Å². The molecule has 2 aromatic carbocycles. The van der Waals surface area contributed by atoms with Crippen molar-refractivity contribution in [3.63, 3.8) is 0 Å². The summed E-state index contributed by atoms with van der Waals surface area (Å²) in [6.45, 7) is 11.9. The first-order valence-corrected chi connectivity index (χ1v) is 11.0. The van der Waals surface area contributed by atoms with E-state index >= 15 is 0 Å². The lowest BCUT2D eigenvalue weighted by Gasteiger charge is -2.20. The van der Waals surface area contributed by atoms with Crippen LogP contribution in [0.5, 0.6) is 5.75 Å². The monoisotopic (exact) mass is 438 g/mol. The third kappa shape index (κ3) is 4.57.